The number of ether oxygens (including phenoxy) is 1. The van der Waals surface area contributed by atoms with Crippen molar-refractivity contribution in [2.75, 3.05) is 20.2 Å². The molecule has 16 heavy (non-hydrogen) atoms. The lowest BCUT2D eigenvalue weighted by Gasteiger charge is -2.37. The average molecular weight is 228 g/mol. The quantitative estimate of drug-likeness (QED) is 0.705. The van der Waals surface area contributed by atoms with Gasteiger partial charge in [0.1, 0.15) is 0 Å². The molecule has 0 radical (unpaired) electrons. The van der Waals surface area contributed by atoms with Crippen molar-refractivity contribution in [3.05, 3.63) is 0 Å². The zero-order valence-corrected chi connectivity index (χ0v) is 10.8. The van der Waals surface area contributed by atoms with Crippen LogP contribution < -0.4 is 10.6 Å². The first kappa shape index (κ1) is 13.5. The van der Waals surface area contributed by atoms with Gasteiger partial charge >= 0.3 is 5.97 Å². The van der Waals surface area contributed by atoms with Crippen molar-refractivity contribution in [1.29, 1.82) is 0 Å². The standard InChI is InChI=1S/C12H24N2O2/c1-12(2,3)14-10-8-13-6-5-9(10)7-11(15)16-4/h9-10,13-14H,5-8H2,1-4H3. The van der Waals surface area contributed by atoms with E-state index < -0.39 is 0 Å². The molecule has 1 saturated heterocycles. The average Bonchev–Trinajstić information content (AvgIpc) is 2.18. The van der Waals surface area contributed by atoms with E-state index in [-0.39, 0.29) is 11.5 Å². The number of carbonyl (C=O) groups is 1. The van der Waals surface area contributed by atoms with E-state index in [0.717, 1.165) is 19.5 Å². The highest BCUT2D eigenvalue weighted by Crippen LogP contribution is 2.19. The van der Waals surface area contributed by atoms with Crippen LogP contribution in [0.5, 0.6) is 0 Å². The molecule has 2 atom stereocenters. The van der Waals surface area contributed by atoms with Crippen molar-refractivity contribution in [3.8, 4) is 0 Å². The maximum atomic E-state index is 11.3. The Labute approximate surface area is 98.1 Å². The van der Waals surface area contributed by atoms with Gasteiger partial charge in [0.2, 0.25) is 0 Å². The molecule has 1 aliphatic heterocycles. The maximum Gasteiger partial charge on any atom is 0.305 e. The Morgan fingerprint density at radius 2 is 2.19 bits per heavy atom. The predicted molar refractivity (Wildman–Crippen MR) is 64.3 cm³/mol. The smallest absolute Gasteiger partial charge is 0.305 e. The monoisotopic (exact) mass is 228 g/mol. The van der Waals surface area contributed by atoms with Crippen LogP contribution in [-0.2, 0) is 9.53 Å². The summed E-state index contributed by atoms with van der Waals surface area (Å²) in [6.45, 7) is 8.37. The van der Waals surface area contributed by atoms with Crippen molar-refractivity contribution < 1.29 is 9.53 Å². The number of hydrogen-bond acceptors (Lipinski definition) is 4. The van der Waals surface area contributed by atoms with Gasteiger partial charge in [-0.1, -0.05) is 0 Å². The van der Waals surface area contributed by atoms with Crippen LogP contribution >= 0.6 is 0 Å². The van der Waals surface area contributed by atoms with Crippen LogP contribution in [0, 0.1) is 5.92 Å². The van der Waals surface area contributed by atoms with Gasteiger partial charge in [-0.2, -0.15) is 0 Å². The van der Waals surface area contributed by atoms with E-state index in [1.165, 1.54) is 7.11 Å². The minimum Gasteiger partial charge on any atom is -0.469 e. The van der Waals surface area contributed by atoms with Gasteiger partial charge in [0.15, 0.2) is 0 Å². The van der Waals surface area contributed by atoms with E-state index in [9.17, 15) is 4.79 Å². The van der Waals surface area contributed by atoms with Crippen LogP contribution in [0.1, 0.15) is 33.6 Å². The number of piperidine rings is 1. The topological polar surface area (TPSA) is 50.4 Å². The molecular formula is C12H24N2O2. The van der Waals surface area contributed by atoms with Crippen LogP contribution in [-0.4, -0.2) is 37.7 Å². The van der Waals surface area contributed by atoms with Crippen molar-refractivity contribution >= 4 is 5.97 Å². The summed E-state index contributed by atoms with van der Waals surface area (Å²) in [5, 5.41) is 6.93. The molecule has 0 aromatic heterocycles. The molecule has 0 saturated carbocycles. The normalized spacial score (nSPS) is 26.5. The molecule has 0 aliphatic carbocycles. The van der Waals surface area contributed by atoms with E-state index in [0.29, 0.717) is 18.4 Å². The number of carbonyl (C=O) groups excluding carboxylic acids is 1. The minimum atomic E-state index is -0.104. The molecule has 0 bridgehead atoms. The number of nitrogens with one attached hydrogen (secondary N) is 2. The largest absolute Gasteiger partial charge is 0.469 e. The molecule has 0 amide bonds. The Morgan fingerprint density at radius 1 is 1.50 bits per heavy atom. The van der Waals surface area contributed by atoms with E-state index in [1.807, 2.05) is 0 Å². The highest BCUT2D eigenvalue weighted by atomic mass is 16.5. The second-order valence-corrected chi connectivity index (χ2v) is 5.53. The number of esters is 1. The van der Waals surface area contributed by atoms with Crippen molar-refractivity contribution in [2.24, 2.45) is 5.92 Å². The van der Waals surface area contributed by atoms with Gasteiger partial charge in [0.05, 0.1) is 7.11 Å². The molecule has 4 nitrogen and oxygen atoms in total. The minimum absolute atomic E-state index is 0.0814. The summed E-state index contributed by atoms with van der Waals surface area (Å²) >= 11 is 0. The van der Waals surface area contributed by atoms with Crippen LogP contribution in [0.3, 0.4) is 0 Å². The molecule has 0 spiro atoms. The fourth-order valence-corrected chi connectivity index (χ4v) is 2.18. The summed E-state index contributed by atoms with van der Waals surface area (Å²) < 4.78 is 4.74. The molecule has 1 aliphatic rings. The van der Waals surface area contributed by atoms with Gasteiger partial charge in [-0.3, -0.25) is 4.79 Å². The van der Waals surface area contributed by atoms with Crippen LogP contribution in [0.4, 0.5) is 0 Å². The number of methoxy groups -OCH3 is 1. The highest BCUT2D eigenvalue weighted by molar-refractivity contribution is 5.69. The molecule has 1 heterocycles. The third kappa shape index (κ3) is 4.49. The molecule has 2 N–H and O–H groups in total. The highest BCUT2D eigenvalue weighted by Gasteiger charge is 2.29. The first-order valence-electron chi connectivity index (χ1n) is 5.97. The van der Waals surface area contributed by atoms with Crippen molar-refractivity contribution in [3.63, 3.8) is 0 Å². The van der Waals surface area contributed by atoms with Crippen molar-refractivity contribution in [2.45, 2.75) is 45.2 Å². The van der Waals surface area contributed by atoms with Crippen molar-refractivity contribution in [1.82, 2.24) is 10.6 Å². The van der Waals surface area contributed by atoms with Gasteiger partial charge in [-0.25, -0.2) is 0 Å². The first-order valence-corrected chi connectivity index (χ1v) is 5.97. The Hall–Kier alpha value is -0.610. The lowest BCUT2D eigenvalue weighted by molar-refractivity contribution is -0.142. The summed E-state index contributed by atoms with van der Waals surface area (Å²) in [7, 11) is 1.45. The van der Waals surface area contributed by atoms with Gasteiger partial charge in [-0.05, 0) is 39.7 Å². The third-order valence-electron chi connectivity index (χ3n) is 2.90. The van der Waals surface area contributed by atoms with Crippen LogP contribution in [0.15, 0.2) is 0 Å². The fraction of sp³-hybridized carbons (Fsp3) is 0.917. The summed E-state index contributed by atoms with van der Waals surface area (Å²) in [5.74, 6) is 0.278. The molecule has 1 fully saturated rings. The van der Waals surface area contributed by atoms with E-state index in [1.54, 1.807) is 0 Å². The lowest BCUT2D eigenvalue weighted by atomic mass is 9.88. The SMILES string of the molecule is COC(=O)CC1CCNCC1NC(C)(C)C. The zero-order valence-electron chi connectivity index (χ0n) is 10.8. The second-order valence-electron chi connectivity index (χ2n) is 5.53. The zero-order chi connectivity index (χ0) is 12.2. The predicted octanol–water partition coefficient (Wildman–Crippen LogP) is 0.916. The van der Waals surface area contributed by atoms with Gasteiger partial charge in [0, 0.05) is 24.5 Å². The molecule has 4 heteroatoms. The summed E-state index contributed by atoms with van der Waals surface area (Å²) in [6.07, 6.45) is 1.55. The Balaban J connectivity index is 2.53. The van der Waals surface area contributed by atoms with Gasteiger partial charge in [0.25, 0.3) is 0 Å². The van der Waals surface area contributed by atoms with Crippen LogP contribution in [0.25, 0.3) is 0 Å². The lowest BCUT2D eigenvalue weighted by Crippen LogP contribution is -2.55. The Kier molecular flexibility index (Phi) is 4.74. The first-order chi connectivity index (χ1) is 7.42. The Bertz CT molecular complexity index is 236. The van der Waals surface area contributed by atoms with Crippen LogP contribution in [0.2, 0.25) is 0 Å². The van der Waals surface area contributed by atoms with E-state index in [4.69, 9.17) is 4.74 Å². The van der Waals surface area contributed by atoms with E-state index >= 15 is 0 Å². The molecule has 1 rings (SSSR count). The summed E-state index contributed by atoms with van der Waals surface area (Å²) in [6, 6.07) is 0.354. The Morgan fingerprint density at radius 3 is 2.75 bits per heavy atom. The fourth-order valence-electron chi connectivity index (χ4n) is 2.18. The summed E-state index contributed by atoms with van der Waals surface area (Å²) in [4.78, 5) is 11.3. The molecule has 0 aromatic carbocycles. The third-order valence-corrected chi connectivity index (χ3v) is 2.90. The molecule has 0 aromatic rings. The number of rotatable bonds is 3. The second kappa shape index (κ2) is 5.64. The molecule has 94 valence electrons. The summed E-state index contributed by atoms with van der Waals surface area (Å²) in [5.41, 5.74) is 0.0814. The maximum absolute atomic E-state index is 11.3. The molecule has 2 unspecified atom stereocenters. The van der Waals surface area contributed by atoms with Gasteiger partial charge < -0.3 is 15.4 Å². The number of hydrogen-bond donors (Lipinski definition) is 2. The molecular weight excluding hydrogens is 204 g/mol. The van der Waals surface area contributed by atoms with Gasteiger partial charge in [-0.15, -0.1) is 0 Å². The van der Waals surface area contributed by atoms with E-state index in [2.05, 4.69) is 31.4 Å².